The van der Waals surface area contributed by atoms with Crippen LogP contribution in [0.3, 0.4) is 0 Å². The molecule has 5 heteroatoms. The minimum absolute atomic E-state index is 0.243. The lowest BCUT2D eigenvalue weighted by molar-refractivity contribution is -0.146. The minimum Gasteiger partial charge on any atom is -0.481 e. The maximum atomic E-state index is 11.0. The number of aliphatic carboxylic acids is 1. The summed E-state index contributed by atoms with van der Waals surface area (Å²) >= 11 is 0. The second-order valence-corrected chi connectivity index (χ2v) is 4.94. The largest absolute Gasteiger partial charge is 0.481 e. The first-order valence-electron chi connectivity index (χ1n) is 5.82. The van der Waals surface area contributed by atoms with Crippen LogP contribution in [0.1, 0.15) is 19.4 Å². The fourth-order valence-electron chi connectivity index (χ4n) is 1.72. The molecule has 1 heterocycles. The summed E-state index contributed by atoms with van der Waals surface area (Å²) in [5.41, 5.74) is 0.196. The minimum atomic E-state index is -0.812. The number of fused-ring (bicyclic) bond motifs is 1. The Morgan fingerprint density at radius 3 is 2.94 bits per heavy atom. The average Bonchev–Trinajstić information content (AvgIpc) is 2.77. The van der Waals surface area contributed by atoms with Gasteiger partial charge in [0.05, 0.1) is 5.41 Å². The lowest BCUT2D eigenvalue weighted by Gasteiger charge is -2.19. The molecule has 1 aliphatic heterocycles. The fraction of sp³-hybridized carbons (Fsp3) is 0.462. The summed E-state index contributed by atoms with van der Waals surface area (Å²) in [5, 5.41) is 12.1. The zero-order valence-corrected chi connectivity index (χ0v) is 10.5. The molecule has 98 valence electrons. The Bertz CT molecular complexity index is 456. The van der Waals surface area contributed by atoms with Crippen molar-refractivity contribution in [2.24, 2.45) is 5.41 Å². The molecule has 5 nitrogen and oxygen atoms in total. The van der Waals surface area contributed by atoms with E-state index in [2.05, 4.69) is 5.32 Å². The van der Waals surface area contributed by atoms with Crippen LogP contribution < -0.4 is 14.8 Å². The number of nitrogens with one attached hydrogen (secondary N) is 1. The summed E-state index contributed by atoms with van der Waals surface area (Å²) in [6.45, 7) is 4.58. The highest BCUT2D eigenvalue weighted by Crippen LogP contribution is 2.35. The van der Waals surface area contributed by atoms with E-state index in [9.17, 15) is 4.79 Å². The van der Waals surface area contributed by atoms with Crippen molar-refractivity contribution >= 4 is 5.97 Å². The second-order valence-electron chi connectivity index (χ2n) is 4.94. The molecule has 0 radical (unpaired) electrons. The summed E-state index contributed by atoms with van der Waals surface area (Å²) in [4.78, 5) is 11.0. The fourth-order valence-corrected chi connectivity index (χ4v) is 1.72. The lowest BCUT2D eigenvalue weighted by atomic mass is 9.94. The Morgan fingerprint density at radius 1 is 1.44 bits per heavy atom. The van der Waals surface area contributed by atoms with Crippen LogP contribution in [0.5, 0.6) is 11.5 Å². The highest BCUT2D eigenvalue weighted by Gasteiger charge is 2.26. The van der Waals surface area contributed by atoms with Gasteiger partial charge in [0, 0.05) is 18.7 Å². The number of carbonyl (C=O) groups is 1. The van der Waals surface area contributed by atoms with E-state index in [1.54, 1.807) is 13.8 Å². The van der Waals surface area contributed by atoms with Gasteiger partial charge in [-0.2, -0.15) is 0 Å². The van der Waals surface area contributed by atoms with Crippen molar-refractivity contribution in [2.75, 3.05) is 13.3 Å². The van der Waals surface area contributed by atoms with Crippen LogP contribution in [0.25, 0.3) is 0 Å². The van der Waals surface area contributed by atoms with Gasteiger partial charge < -0.3 is 19.9 Å². The first-order valence-corrected chi connectivity index (χ1v) is 5.82. The van der Waals surface area contributed by atoms with E-state index in [0.717, 1.165) is 17.1 Å². The van der Waals surface area contributed by atoms with Crippen molar-refractivity contribution in [1.29, 1.82) is 0 Å². The Hall–Kier alpha value is -1.75. The highest BCUT2D eigenvalue weighted by atomic mass is 16.7. The molecule has 1 aliphatic rings. The van der Waals surface area contributed by atoms with E-state index in [0.29, 0.717) is 13.1 Å². The monoisotopic (exact) mass is 251 g/mol. The number of carboxylic acid groups (broad SMARTS) is 1. The number of para-hydroxylation sites is 1. The van der Waals surface area contributed by atoms with Crippen molar-refractivity contribution in [3.05, 3.63) is 23.8 Å². The Balaban J connectivity index is 1.96. The van der Waals surface area contributed by atoms with E-state index < -0.39 is 11.4 Å². The Kier molecular flexibility index (Phi) is 3.43. The van der Waals surface area contributed by atoms with Crippen molar-refractivity contribution < 1.29 is 19.4 Å². The van der Waals surface area contributed by atoms with Gasteiger partial charge in [0.15, 0.2) is 11.5 Å². The summed E-state index contributed by atoms with van der Waals surface area (Å²) in [5.74, 6) is 0.679. The standard InChI is InChI=1S/C13H17NO4/c1-13(2,12(15)16)7-14-6-9-4-3-5-10-11(9)18-8-17-10/h3-5,14H,6-8H2,1-2H3,(H,15,16). The maximum absolute atomic E-state index is 11.0. The number of benzene rings is 1. The number of hydrogen-bond donors (Lipinski definition) is 2. The zero-order chi connectivity index (χ0) is 13.2. The topological polar surface area (TPSA) is 67.8 Å². The van der Waals surface area contributed by atoms with Crippen LogP contribution in [-0.4, -0.2) is 24.4 Å². The molecule has 0 saturated heterocycles. The Morgan fingerprint density at radius 2 is 2.22 bits per heavy atom. The molecule has 0 bridgehead atoms. The molecule has 18 heavy (non-hydrogen) atoms. The van der Waals surface area contributed by atoms with Crippen molar-refractivity contribution in [3.63, 3.8) is 0 Å². The molecule has 2 N–H and O–H groups in total. The van der Waals surface area contributed by atoms with Gasteiger partial charge in [-0.05, 0) is 19.9 Å². The molecule has 0 aliphatic carbocycles. The smallest absolute Gasteiger partial charge is 0.310 e. The number of rotatable bonds is 5. The maximum Gasteiger partial charge on any atom is 0.310 e. The molecule has 0 amide bonds. The van der Waals surface area contributed by atoms with E-state index in [-0.39, 0.29) is 6.79 Å². The molecule has 0 aromatic heterocycles. The molecule has 1 aromatic rings. The van der Waals surface area contributed by atoms with E-state index in [1.165, 1.54) is 0 Å². The van der Waals surface area contributed by atoms with Crippen LogP contribution in [0.2, 0.25) is 0 Å². The van der Waals surface area contributed by atoms with Gasteiger partial charge in [-0.3, -0.25) is 4.79 Å². The third-order valence-electron chi connectivity index (χ3n) is 2.94. The molecule has 0 atom stereocenters. The van der Waals surface area contributed by atoms with E-state index in [1.807, 2.05) is 18.2 Å². The summed E-state index contributed by atoms with van der Waals surface area (Å²) in [7, 11) is 0. The molecule has 0 unspecified atom stereocenters. The molecule has 0 fully saturated rings. The van der Waals surface area contributed by atoms with Gasteiger partial charge in [-0.1, -0.05) is 12.1 Å². The predicted octanol–water partition coefficient (Wildman–Crippen LogP) is 1.62. The van der Waals surface area contributed by atoms with E-state index in [4.69, 9.17) is 14.6 Å². The third kappa shape index (κ3) is 2.56. The van der Waals surface area contributed by atoms with Crippen molar-refractivity contribution in [1.82, 2.24) is 5.32 Å². The average molecular weight is 251 g/mol. The van der Waals surface area contributed by atoms with Crippen molar-refractivity contribution in [2.45, 2.75) is 20.4 Å². The molecule has 0 saturated carbocycles. The van der Waals surface area contributed by atoms with Crippen LogP contribution in [-0.2, 0) is 11.3 Å². The van der Waals surface area contributed by atoms with Gasteiger partial charge in [0.25, 0.3) is 0 Å². The van der Waals surface area contributed by atoms with Crippen molar-refractivity contribution in [3.8, 4) is 11.5 Å². The van der Waals surface area contributed by atoms with Gasteiger partial charge >= 0.3 is 5.97 Å². The Labute approximate surface area is 106 Å². The molecular formula is C13H17NO4. The van der Waals surface area contributed by atoms with Gasteiger partial charge in [-0.25, -0.2) is 0 Å². The van der Waals surface area contributed by atoms with Gasteiger partial charge in [0.2, 0.25) is 6.79 Å². The highest BCUT2D eigenvalue weighted by molar-refractivity contribution is 5.73. The SMILES string of the molecule is CC(C)(CNCc1cccc2c1OCO2)C(=O)O. The summed E-state index contributed by atoms with van der Waals surface area (Å²) in [6.07, 6.45) is 0. The third-order valence-corrected chi connectivity index (χ3v) is 2.94. The first kappa shape index (κ1) is 12.7. The number of carboxylic acids is 1. The molecule has 1 aromatic carbocycles. The quantitative estimate of drug-likeness (QED) is 0.832. The number of ether oxygens (including phenoxy) is 2. The van der Waals surface area contributed by atoms with Gasteiger partial charge in [-0.15, -0.1) is 0 Å². The van der Waals surface area contributed by atoms with Crippen LogP contribution >= 0.6 is 0 Å². The summed E-state index contributed by atoms with van der Waals surface area (Å²) in [6, 6.07) is 5.69. The molecule has 0 spiro atoms. The first-order chi connectivity index (χ1) is 8.50. The van der Waals surface area contributed by atoms with Crippen LogP contribution in [0.4, 0.5) is 0 Å². The van der Waals surface area contributed by atoms with Crippen LogP contribution in [0, 0.1) is 5.41 Å². The van der Waals surface area contributed by atoms with Crippen LogP contribution in [0.15, 0.2) is 18.2 Å². The molecular weight excluding hydrogens is 234 g/mol. The van der Waals surface area contributed by atoms with E-state index >= 15 is 0 Å². The van der Waals surface area contributed by atoms with Gasteiger partial charge in [0.1, 0.15) is 0 Å². The number of hydrogen-bond acceptors (Lipinski definition) is 4. The lowest BCUT2D eigenvalue weighted by Crippen LogP contribution is -2.35. The molecule has 2 rings (SSSR count). The second kappa shape index (κ2) is 4.86. The normalized spacial score (nSPS) is 13.7. The zero-order valence-electron chi connectivity index (χ0n) is 10.5. The summed E-state index contributed by atoms with van der Waals surface area (Å²) < 4.78 is 10.7. The predicted molar refractivity (Wildman–Crippen MR) is 65.7 cm³/mol.